The lowest BCUT2D eigenvalue weighted by Gasteiger charge is -2.20. The fraction of sp³-hybridized carbons (Fsp3) is 0.438. The van der Waals surface area contributed by atoms with Gasteiger partial charge in [-0.1, -0.05) is 18.6 Å². The molecule has 0 amide bonds. The lowest BCUT2D eigenvalue weighted by atomic mass is 10.0. The maximum Gasteiger partial charge on any atom is 0.134 e. The largest absolute Gasteiger partial charge is 0.496 e. The van der Waals surface area contributed by atoms with E-state index in [0.717, 1.165) is 41.6 Å². The van der Waals surface area contributed by atoms with E-state index in [-0.39, 0.29) is 6.61 Å². The Kier molecular flexibility index (Phi) is 3.74. The van der Waals surface area contributed by atoms with Crippen LogP contribution in [0.3, 0.4) is 0 Å². The third-order valence-electron chi connectivity index (χ3n) is 4.20. The van der Waals surface area contributed by atoms with Crippen molar-refractivity contribution in [3.8, 4) is 5.75 Å². The van der Waals surface area contributed by atoms with Crippen LogP contribution in [0, 0.1) is 5.92 Å². The van der Waals surface area contributed by atoms with Crippen molar-refractivity contribution in [3.63, 3.8) is 0 Å². The van der Waals surface area contributed by atoms with E-state index >= 15 is 0 Å². The number of aromatic nitrogens is 1. The minimum absolute atomic E-state index is 0.242. The van der Waals surface area contributed by atoms with Gasteiger partial charge in [-0.25, -0.2) is 4.98 Å². The summed E-state index contributed by atoms with van der Waals surface area (Å²) in [7, 11) is 1.68. The van der Waals surface area contributed by atoms with Crippen LogP contribution in [-0.4, -0.2) is 29.8 Å². The third-order valence-corrected chi connectivity index (χ3v) is 4.20. The van der Waals surface area contributed by atoms with Gasteiger partial charge >= 0.3 is 0 Å². The van der Waals surface area contributed by atoms with Gasteiger partial charge in [-0.05, 0) is 25.0 Å². The van der Waals surface area contributed by atoms with E-state index in [4.69, 9.17) is 4.74 Å². The standard InChI is InChI=1S/C16H20N2O2/c1-20-15-7-3-5-13-12(15)8-9-17-16(13)18-14-6-2-4-11(14)10-19/h3,5,7-9,11,14,19H,2,4,6,10H2,1H3,(H,17,18). The topological polar surface area (TPSA) is 54.4 Å². The molecule has 0 bridgehead atoms. The zero-order chi connectivity index (χ0) is 13.9. The first-order chi connectivity index (χ1) is 9.83. The van der Waals surface area contributed by atoms with Crippen molar-refractivity contribution in [1.82, 2.24) is 4.98 Å². The first kappa shape index (κ1) is 13.2. The molecule has 1 aromatic heterocycles. The van der Waals surface area contributed by atoms with Gasteiger partial charge in [0.25, 0.3) is 0 Å². The molecular weight excluding hydrogens is 252 g/mol. The van der Waals surface area contributed by atoms with E-state index in [0.29, 0.717) is 12.0 Å². The number of hydrogen-bond acceptors (Lipinski definition) is 4. The summed E-state index contributed by atoms with van der Waals surface area (Å²) in [6.45, 7) is 0.242. The first-order valence-electron chi connectivity index (χ1n) is 7.12. The molecule has 0 saturated heterocycles. The van der Waals surface area contributed by atoms with Crippen LogP contribution in [-0.2, 0) is 0 Å². The average Bonchev–Trinajstić information content (AvgIpc) is 2.94. The van der Waals surface area contributed by atoms with Crippen molar-refractivity contribution in [2.75, 3.05) is 19.0 Å². The highest BCUT2D eigenvalue weighted by atomic mass is 16.5. The Morgan fingerprint density at radius 1 is 1.30 bits per heavy atom. The van der Waals surface area contributed by atoms with Gasteiger partial charge in [-0.2, -0.15) is 0 Å². The third kappa shape index (κ3) is 2.31. The second-order valence-corrected chi connectivity index (χ2v) is 5.34. The number of hydrogen-bond donors (Lipinski definition) is 2. The molecule has 3 rings (SSSR count). The Balaban J connectivity index is 1.95. The van der Waals surface area contributed by atoms with Gasteiger partial charge in [-0.3, -0.25) is 0 Å². The lowest BCUT2D eigenvalue weighted by Crippen LogP contribution is -2.26. The number of nitrogens with zero attached hydrogens (tertiary/aromatic N) is 1. The molecule has 0 aliphatic heterocycles. The van der Waals surface area contributed by atoms with Gasteiger partial charge in [0.2, 0.25) is 0 Å². The van der Waals surface area contributed by atoms with E-state index in [9.17, 15) is 5.11 Å². The molecule has 1 aromatic carbocycles. The maximum absolute atomic E-state index is 9.43. The number of pyridine rings is 1. The monoisotopic (exact) mass is 272 g/mol. The summed E-state index contributed by atoms with van der Waals surface area (Å²) in [6, 6.07) is 8.27. The molecular formula is C16H20N2O2. The number of aliphatic hydroxyl groups excluding tert-OH is 1. The van der Waals surface area contributed by atoms with Crippen LogP contribution in [0.15, 0.2) is 30.5 Å². The molecule has 1 aliphatic carbocycles. The second kappa shape index (κ2) is 5.67. The molecule has 1 heterocycles. The summed E-state index contributed by atoms with van der Waals surface area (Å²) < 4.78 is 5.40. The predicted molar refractivity (Wildman–Crippen MR) is 80.1 cm³/mol. The average molecular weight is 272 g/mol. The highest BCUT2D eigenvalue weighted by Gasteiger charge is 2.27. The maximum atomic E-state index is 9.43. The van der Waals surface area contributed by atoms with Crippen molar-refractivity contribution >= 4 is 16.6 Å². The quantitative estimate of drug-likeness (QED) is 0.898. The van der Waals surface area contributed by atoms with E-state index < -0.39 is 0 Å². The van der Waals surface area contributed by atoms with Crippen LogP contribution in [0.25, 0.3) is 10.8 Å². The zero-order valence-electron chi connectivity index (χ0n) is 11.7. The number of benzene rings is 1. The highest BCUT2D eigenvalue weighted by Crippen LogP contribution is 2.32. The number of ether oxygens (including phenoxy) is 1. The summed E-state index contributed by atoms with van der Waals surface area (Å²) in [4.78, 5) is 4.47. The summed E-state index contributed by atoms with van der Waals surface area (Å²) >= 11 is 0. The van der Waals surface area contributed by atoms with E-state index in [1.807, 2.05) is 18.2 Å². The molecule has 4 heteroatoms. The first-order valence-corrected chi connectivity index (χ1v) is 7.12. The normalized spacial score (nSPS) is 22.1. The number of rotatable bonds is 4. The Morgan fingerprint density at radius 2 is 2.20 bits per heavy atom. The number of methoxy groups -OCH3 is 1. The Bertz CT molecular complexity index is 600. The van der Waals surface area contributed by atoms with E-state index in [2.05, 4.69) is 16.4 Å². The minimum Gasteiger partial charge on any atom is -0.496 e. The van der Waals surface area contributed by atoms with Crippen LogP contribution in [0.2, 0.25) is 0 Å². The van der Waals surface area contributed by atoms with Gasteiger partial charge in [0.1, 0.15) is 11.6 Å². The van der Waals surface area contributed by atoms with Gasteiger partial charge in [0.15, 0.2) is 0 Å². The van der Waals surface area contributed by atoms with Gasteiger partial charge in [-0.15, -0.1) is 0 Å². The molecule has 2 aromatic rings. The molecule has 2 unspecified atom stereocenters. The second-order valence-electron chi connectivity index (χ2n) is 5.34. The summed E-state index contributed by atoms with van der Waals surface area (Å²) in [5.74, 6) is 2.07. The lowest BCUT2D eigenvalue weighted by molar-refractivity contribution is 0.222. The number of nitrogens with one attached hydrogen (secondary N) is 1. The molecule has 0 spiro atoms. The molecule has 4 nitrogen and oxygen atoms in total. The fourth-order valence-electron chi connectivity index (χ4n) is 3.09. The summed E-state index contributed by atoms with van der Waals surface area (Å²) in [5, 5.41) is 15.1. The fourth-order valence-corrected chi connectivity index (χ4v) is 3.09. The molecule has 2 N–H and O–H groups in total. The molecule has 0 radical (unpaired) electrons. The van der Waals surface area contributed by atoms with Gasteiger partial charge in [0.05, 0.1) is 7.11 Å². The Morgan fingerprint density at radius 3 is 3.00 bits per heavy atom. The van der Waals surface area contributed by atoms with Crippen LogP contribution < -0.4 is 10.1 Å². The van der Waals surface area contributed by atoms with Crippen molar-refractivity contribution < 1.29 is 9.84 Å². The predicted octanol–water partition coefficient (Wildman–Crippen LogP) is 2.82. The van der Waals surface area contributed by atoms with E-state index in [1.54, 1.807) is 13.3 Å². The van der Waals surface area contributed by atoms with Crippen LogP contribution in [0.5, 0.6) is 5.75 Å². The number of aliphatic hydroxyl groups is 1. The molecule has 1 saturated carbocycles. The molecule has 106 valence electrons. The number of fused-ring (bicyclic) bond motifs is 1. The highest BCUT2D eigenvalue weighted by molar-refractivity contribution is 5.95. The summed E-state index contributed by atoms with van der Waals surface area (Å²) in [6.07, 6.45) is 5.14. The molecule has 20 heavy (non-hydrogen) atoms. The Labute approximate surface area is 118 Å². The SMILES string of the molecule is COc1cccc2c(NC3CCCC3CO)nccc12. The van der Waals surface area contributed by atoms with Gasteiger partial charge in [0, 0.05) is 35.5 Å². The van der Waals surface area contributed by atoms with Crippen molar-refractivity contribution in [3.05, 3.63) is 30.5 Å². The molecule has 1 aliphatic rings. The van der Waals surface area contributed by atoms with Crippen molar-refractivity contribution in [1.29, 1.82) is 0 Å². The summed E-state index contributed by atoms with van der Waals surface area (Å²) in [5.41, 5.74) is 0. The Hall–Kier alpha value is -1.81. The zero-order valence-corrected chi connectivity index (χ0v) is 11.7. The van der Waals surface area contributed by atoms with Crippen LogP contribution >= 0.6 is 0 Å². The molecule has 2 atom stereocenters. The number of anilines is 1. The van der Waals surface area contributed by atoms with Crippen LogP contribution in [0.1, 0.15) is 19.3 Å². The van der Waals surface area contributed by atoms with E-state index in [1.165, 1.54) is 0 Å². The van der Waals surface area contributed by atoms with Crippen LogP contribution in [0.4, 0.5) is 5.82 Å². The van der Waals surface area contributed by atoms with Crippen molar-refractivity contribution in [2.24, 2.45) is 5.92 Å². The van der Waals surface area contributed by atoms with Crippen molar-refractivity contribution in [2.45, 2.75) is 25.3 Å². The molecule has 1 fully saturated rings. The smallest absolute Gasteiger partial charge is 0.134 e. The van der Waals surface area contributed by atoms with Gasteiger partial charge < -0.3 is 15.2 Å². The minimum atomic E-state index is 0.242.